The fourth-order valence-corrected chi connectivity index (χ4v) is 3.79. The monoisotopic (exact) mass is 311 g/mol. The SMILES string of the molecule is O=c1oc2ccccc2cc1-c1csc(-c2cccs2)n1. The van der Waals surface area contributed by atoms with E-state index in [1.165, 1.54) is 11.3 Å². The normalized spacial score (nSPS) is 11.0. The van der Waals surface area contributed by atoms with Gasteiger partial charge in [-0.15, -0.1) is 22.7 Å². The maximum atomic E-state index is 12.1. The van der Waals surface area contributed by atoms with Gasteiger partial charge in [-0.1, -0.05) is 24.3 Å². The summed E-state index contributed by atoms with van der Waals surface area (Å²) in [5, 5.41) is 5.74. The summed E-state index contributed by atoms with van der Waals surface area (Å²) < 4.78 is 5.36. The largest absolute Gasteiger partial charge is 0.422 e. The smallest absolute Gasteiger partial charge is 0.345 e. The van der Waals surface area contributed by atoms with Gasteiger partial charge < -0.3 is 4.42 Å². The van der Waals surface area contributed by atoms with E-state index in [9.17, 15) is 4.79 Å². The van der Waals surface area contributed by atoms with Crippen LogP contribution in [-0.4, -0.2) is 4.98 Å². The Balaban J connectivity index is 1.87. The van der Waals surface area contributed by atoms with Crippen LogP contribution in [0.4, 0.5) is 0 Å². The van der Waals surface area contributed by atoms with Crippen LogP contribution >= 0.6 is 22.7 Å². The zero-order valence-corrected chi connectivity index (χ0v) is 12.4. The van der Waals surface area contributed by atoms with Gasteiger partial charge in [-0.2, -0.15) is 0 Å². The third-order valence-corrected chi connectivity index (χ3v) is 5.03. The molecule has 0 saturated carbocycles. The molecule has 102 valence electrons. The summed E-state index contributed by atoms with van der Waals surface area (Å²) >= 11 is 3.17. The number of fused-ring (bicyclic) bond motifs is 1. The molecule has 5 heteroatoms. The third-order valence-electron chi connectivity index (χ3n) is 3.15. The minimum absolute atomic E-state index is 0.350. The lowest BCUT2D eigenvalue weighted by atomic mass is 10.1. The zero-order chi connectivity index (χ0) is 14.2. The van der Waals surface area contributed by atoms with Crippen molar-refractivity contribution in [2.24, 2.45) is 0 Å². The maximum absolute atomic E-state index is 12.1. The molecule has 0 N–H and O–H groups in total. The highest BCUT2D eigenvalue weighted by Crippen LogP contribution is 2.31. The molecule has 3 heterocycles. The summed E-state index contributed by atoms with van der Waals surface area (Å²) in [7, 11) is 0. The van der Waals surface area contributed by atoms with Gasteiger partial charge in [-0.25, -0.2) is 9.78 Å². The van der Waals surface area contributed by atoms with Crippen molar-refractivity contribution in [3.8, 4) is 21.1 Å². The average Bonchev–Trinajstić information content (AvgIpc) is 3.17. The molecule has 0 aliphatic carbocycles. The molecule has 21 heavy (non-hydrogen) atoms. The number of hydrogen-bond donors (Lipinski definition) is 0. The van der Waals surface area contributed by atoms with Crippen molar-refractivity contribution in [3.05, 3.63) is 63.6 Å². The third kappa shape index (κ3) is 2.20. The van der Waals surface area contributed by atoms with Crippen molar-refractivity contribution >= 4 is 33.6 Å². The fourth-order valence-electron chi connectivity index (χ4n) is 2.15. The Kier molecular flexibility index (Phi) is 2.94. The lowest BCUT2D eigenvalue weighted by Crippen LogP contribution is -2.02. The van der Waals surface area contributed by atoms with Gasteiger partial charge in [0.15, 0.2) is 0 Å². The Hall–Kier alpha value is -2.24. The van der Waals surface area contributed by atoms with E-state index >= 15 is 0 Å². The van der Waals surface area contributed by atoms with Gasteiger partial charge in [0.05, 0.1) is 16.1 Å². The lowest BCUT2D eigenvalue weighted by molar-refractivity contribution is 0.563. The molecule has 0 bridgehead atoms. The molecule has 4 rings (SSSR count). The van der Waals surface area contributed by atoms with Gasteiger partial charge in [-0.3, -0.25) is 0 Å². The molecule has 0 aliphatic heterocycles. The summed E-state index contributed by atoms with van der Waals surface area (Å²) in [4.78, 5) is 17.8. The molecule has 0 radical (unpaired) electrons. The molecule has 0 atom stereocenters. The van der Waals surface area contributed by atoms with Gasteiger partial charge in [0.2, 0.25) is 0 Å². The number of aromatic nitrogens is 1. The molecule has 4 aromatic rings. The minimum atomic E-state index is -0.350. The van der Waals surface area contributed by atoms with E-state index in [2.05, 4.69) is 4.98 Å². The van der Waals surface area contributed by atoms with Gasteiger partial charge in [0, 0.05) is 10.8 Å². The second-order valence-electron chi connectivity index (χ2n) is 4.50. The molecular formula is C16H9NO2S2. The number of rotatable bonds is 2. The van der Waals surface area contributed by atoms with Crippen molar-refractivity contribution < 1.29 is 4.42 Å². The zero-order valence-electron chi connectivity index (χ0n) is 10.8. The topological polar surface area (TPSA) is 43.1 Å². The van der Waals surface area contributed by atoms with Gasteiger partial charge in [-0.05, 0) is 23.6 Å². The maximum Gasteiger partial charge on any atom is 0.345 e. The quantitative estimate of drug-likeness (QED) is 0.506. The van der Waals surface area contributed by atoms with Crippen LogP contribution < -0.4 is 5.63 Å². The molecular weight excluding hydrogens is 302 g/mol. The second-order valence-corrected chi connectivity index (χ2v) is 6.31. The van der Waals surface area contributed by atoms with Gasteiger partial charge in [0.1, 0.15) is 10.6 Å². The van der Waals surface area contributed by atoms with Crippen LogP contribution in [0.15, 0.2) is 62.4 Å². The van der Waals surface area contributed by atoms with Crippen LogP contribution in [0.5, 0.6) is 0 Å². The molecule has 0 aliphatic rings. The number of para-hydroxylation sites is 1. The summed E-state index contributed by atoms with van der Waals surface area (Å²) in [5.41, 5.74) is 1.42. The fraction of sp³-hybridized carbons (Fsp3) is 0. The molecule has 3 nitrogen and oxygen atoms in total. The Labute approximate surface area is 128 Å². The first-order valence-electron chi connectivity index (χ1n) is 6.34. The first kappa shape index (κ1) is 12.5. The highest BCUT2D eigenvalue weighted by Gasteiger charge is 2.12. The van der Waals surface area contributed by atoms with Crippen molar-refractivity contribution in [1.29, 1.82) is 0 Å². The summed E-state index contributed by atoms with van der Waals surface area (Å²) in [6.07, 6.45) is 0. The Bertz CT molecular complexity index is 967. The second kappa shape index (κ2) is 4.95. The first-order valence-corrected chi connectivity index (χ1v) is 8.10. The minimum Gasteiger partial charge on any atom is -0.422 e. The molecule has 0 unspecified atom stereocenters. The van der Waals surface area contributed by atoms with Crippen molar-refractivity contribution in [2.45, 2.75) is 0 Å². The van der Waals surface area contributed by atoms with Crippen LogP contribution in [0.3, 0.4) is 0 Å². The van der Waals surface area contributed by atoms with Crippen LogP contribution in [0.1, 0.15) is 0 Å². The summed E-state index contributed by atoms with van der Waals surface area (Å²) in [6, 6.07) is 13.3. The van der Waals surface area contributed by atoms with E-state index < -0.39 is 0 Å². The van der Waals surface area contributed by atoms with Gasteiger partial charge in [0.25, 0.3) is 0 Å². The summed E-state index contributed by atoms with van der Waals surface area (Å²) in [5.74, 6) is 0. The predicted molar refractivity (Wildman–Crippen MR) is 86.9 cm³/mol. The standard InChI is InChI=1S/C16H9NO2S2/c18-16-11(8-10-4-1-2-5-13(10)19-16)12-9-21-15(17-12)14-6-3-7-20-14/h1-9H. The molecule has 0 spiro atoms. The average molecular weight is 311 g/mol. The van der Waals surface area contributed by atoms with Crippen LogP contribution in [-0.2, 0) is 0 Å². The van der Waals surface area contributed by atoms with Gasteiger partial charge >= 0.3 is 5.63 Å². The Morgan fingerprint density at radius 2 is 1.95 bits per heavy atom. The first-order chi connectivity index (χ1) is 10.3. The van der Waals surface area contributed by atoms with E-state index in [-0.39, 0.29) is 5.63 Å². The Morgan fingerprint density at radius 1 is 1.05 bits per heavy atom. The predicted octanol–water partition coefficient (Wildman–Crippen LogP) is 4.65. The van der Waals surface area contributed by atoms with E-state index in [1.807, 2.05) is 47.2 Å². The van der Waals surface area contributed by atoms with Crippen LogP contribution in [0, 0.1) is 0 Å². The molecule has 1 aromatic carbocycles. The number of hydrogen-bond acceptors (Lipinski definition) is 5. The highest BCUT2D eigenvalue weighted by atomic mass is 32.1. The van der Waals surface area contributed by atoms with Crippen molar-refractivity contribution in [2.75, 3.05) is 0 Å². The van der Waals surface area contributed by atoms with E-state index in [0.717, 1.165) is 15.3 Å². The van der Waals surface area contributed by atoms with Crippen molar-refractivity contribution in [3.63, 3.8) is 0 Å². The Morgan fingerprint density at radius 3 is 2.81 bits per heavy atom. The lowest BCUT2D eigenvalue weighted by Gasteiger charge is -1.99. The molecule has 0 saturated heterocycles. The van der Waals surface area contributed by atoms with Crippen LogP contribution in [0.2, 0.25) is 0 Å². The van der Waals surface area contributed by atoms with Crippen LogP contribution in [0.25, 0.3) is 32.1 Å². The molecule has 3 aromatic heterocycles. The highest BCUT2D eigenvalue weighted by molar-refractivity contribution is 7.20. The number of benzene rings is 1. The van der Waals surface area contributed by atoms with Crippen molar-refractivity contribution in [1.82, 2.24) is 4.98 Å². The number of nitrogens with zero attached hydrogens (tertiary/aromatic N) is 1. The number of thiazole rings is 1. The van der Waals surface area contributed by atoms with E-state index in [0.29, 0.717) is 16.8 Å². The molecule has 0 fully saturated rings. The summed E-state index contributed by atoms with van der Waals surface area (Å²) in [6.45, 7) is 0. The van der Waals surface area contributed by atoms with E-state index in [4.69, 9.17) is 4.42 Å². The number of thiophene rings is 1. The van der Waals surface area contributed by atoms with E-state index in [1.54, 1.807) is 17.4 Å². The molecule has 0 amide bonds.